The van der Waals surface area contributed by atoms with Crippen LogP contribution in [0.4, 0.5) is 0 Å². The Kier molecular flexibility index (Phi) is 6.87. The third-order valence-corrected chi connectivity index (χ3v) is 2.98. The van der Waals surface area contributed by atoms with Crippen LogP contribution in [0, 0.1) is 11.3 Å². The van der Waals surface area contributed by atoms with E-state index in [0.717, 1.165) is 25.7 Å². The number of unbranched alkanes of at least 4 members (excludes halogenated alkanes) is 1. The molecule has 0 aromatic heterocycles. The van der Waals surface area contributed by atoms with E-state index in [9.17, 15) is 4.79 Å². The van der Waals surface area contributed by atoms with Crippen LogP contribution in [-0.4, -0.2) is 5.78 Å². The molecule has 1 heteroatoms. The molecule has 0 amide bonds. The van der Waals surface area contributed by atoms with Gasteiger partial charge in [0.25, 0.3) is 0 Å². The smallest absolute Gasteiger partial charge is 0.135 e. The molecule has 90 valence electrons. The molecule has 0 aliphatic carbocycles. The van der Waals surface area contributed by atoms with Crippen LogP contribution < -0.4 is 0 Å². The van der Waals surface area contributed by atoms with Crippen molar-refractivity contribution < 1.29 is 4.79 Å². The molecule has 0 aromatic carbocycles. The predicted octanol–water partition coefficient (Wildman–Crippen LogP) is 4.60. The van der Waals surface area contributed by atoms with E-state index in [-0.39, 0.29) is 0 Å². The summed E-state index contributed by atoms with van der Waals surface area (Å²) in [5, 5.41) is 0. The normalized spacial score (nSPS) is 13.9. The van der Waals surface area contributed by atoms with E-state index in [4.69, 9.17) is 0 Å². The van der Waals surface area contributed by atoms with Crippen LogP contribution in [-0.2, 0) is 4.79 Å². The summed E-state index contributed by atoms with van der Waals surface area (Å²) < 4.78 is 0. The van der Waals surface area contributed by atoms with Crippen LogP contribution in [0.15, 0.2) is 0 Å². The van der Waals surface area contributed by atoms with Gasteiger partial charge in [0.1, 0.15) is 5.78 Å². The zero-order chi connectivity index (χ0) is 11.9. The summed E-state index contributed by atoms with van der Waals surface area (Å²) in [5.74, 6) is 0.813. The molecule has 0 radical (unpaired) electrons. The van der Waals surface area contributed by atoms with Crippen molar-refractivity contribution in [3.8, 4) is 0 Å². The Balaban J connectivity index is 3.94. The topological polar surface area (TPSA) is 17.1 Å². The summed E-state index contributed by atoms with van der Waals surface area (Å²) in [6.45, 7) is 10.9. The molecule has 0 bridgehead atoms. The lowest BCUT2D eigenvalue weighted by Crippen LogP contribution is -2.16. The van der Waals surface area contributed by atoms with Gasteiger partial charge < -0.3 is 0 Å². The minimum absolute atomic E-state index is 0.290. The Labute approximate surface area is 95.6 Å². The van der Waals surface area contributed by atoms with Crippen LogP contribution >= 0.6 is 0 Å². The van der Waals surface area contributed by atoms with Crippen LogP contribution in [0.2, 0.25) is 0 Å². The van der Waals surface area contributed by atoms with Gasteiger partial charge in [-0.25, -0.2) is 0 Å². The first-order chi connectivity index (χ1) is 6.90. The van der Waals surface area contributed by atoms with E-state index >= 15 is 0 Å². The largest absolute Gasteiger partial charge is 0.299 e. The second kappa shape index (κ2) is 7.03. The monoisotopic (exact) mass is 212 g/mol. The summed E-state index contributed by atoms with van der Waals surface area (Å²) >= 11 is 0. The molecule has 0 aromatic rings. The van der Waals surface area contributed by atoms with Crippen molar-refractivity contribution in [2.75, 3.05) is 0 Å². The molecule has 1 atom stereocenters. The van der Waals surface area contributed by atoms with Crippen molar-refractivity contribution in [1.29, 1.82) is 0 Å². The fourth-order valence-electron chi connectivity index (χ4n) is 1.75. The standard InChI is InChI=1S/C14H28O/c1-6-8-9-12(7-2)13(15)10-11-14(3,4)5/h12H,6-11H2,1-5H3. The minimum Gasteiger partial charge on any atom is -0.299 e. The van der Waals surface area contributed by atoms with E-state index in [1.807, 2.05) is 0 Å². The van der Waals surface area contributed by atoms with Gasteiger partial charge in [0, 0.05) is 12.3 Å². The number of hydrogen-bond acceptors (Lipinski definition) is 1. The summed E-state index contributed by atoms with van der Waals surface area (Å²) in [6.07, 6.45) is 6.29. The van der Waals surface area contributed by atoms with Crippen molar-refractivity contribution in [3.63, 3.8) is 0 Å². The van der Waals surface area contributed by atoms with Crippen LogP contribution in [0.3, 0.4) is 0 Å². The van der Waals surface area contributed by atoms with Gasteiger partial charge >= 0.3 is 0 Å². The number of carbonyl (C=O) groups is 1. The highest BCUT2D eigenvalue weighted by molar-refractivity contribution is 5.80. The lowest BCUT2D eigenvalue weighted by Gasteiger charge is -2.19. The molecule has 0 saturated carbocycles. The molecule has 0 rings (SSSR count). The first-order valence-corrected chi connectivity index (χ1v) is 6.43. The molecule has 15 heavy (non-hydrogen) atoms. The Morgan fingerprint density at radius 3 is 2.20 bits per heavy atom. The van der Waals surface area contributed by atoms with Gasteiger partial charge in [0.05, 0.1) is 0 Å². The van der Waals surface area contributed by atoms with Crippen LogP contribution in [0.1, 0.15) is 73.1 Å². The molecule has 1 unspecified atom stereocenters. The Bertz CT molecular complexity index is 176. The van der Waals surface area contributed by atoms with Gasteiger partial charge in [-0.3, -0.25) is 4.79 Å². The van der Waals surface area contributed by atoms with Gasteiger partial charge in [-0.2, -0.15) is 0 Å². The van der Waals surface area contributed by atoms with Crippen LogP contribution in [0.25, 0.3) is 0 Å². The van der Waals surface area contributed by atoms with E-state index in [1.165, 1.54) is 12.8 Å². The number of hydrogen-bond donors (Lipinski definition) is 0. The lowest BCUT2D eigenvalue weighted by atomic mass is 9.85. The van der Waals surface area contributed by atoms with E-state index in [0.29, 0.717) is 17.1 Å². The van der Waals surface area contributed by atoms with E-state index in [1.54, 1.807) is 0 Å². The van der Waals surface area contributed by atoms with E-state index in [2.05, 4.69) is 34.6 Å². The highest BCUT2D eigenvalue weighted by Crippen LogP contribution is 2.24. The summed E-state index contributed by atoms with van der Waals surface area (Å²) in [6, 6.07) is 0. The lowest BCUT2D eigenvalue weighted by molar-refractivity contribution is -0.123. The predicted molar refractivity (Wildman–Crippen MR) is 67.0 cm³/mol. The fourth-order valence-corrected chi connectivity index (χ4v) is 1.75. The van der Waals surface area contributed by atoms with Gasteiger partial charge in [-0.15, -0.1) is 0 Å². The highest BCUT2D eigenvalue weighted by atomic mass is 16.1. The van der Waals surface area contributed by atoms with Crippen molar-refractivity contribution in [2.24, 2.45) is 11.3 Å². The van der Waals surface area contributed by atoms with Gasteiger partial charge in [0.2, 0.25) is 0 Å². The maximum absolute atomic E-state index is 11.9. The highest BCUT2D eigenvalue weighted by Gasteiger charge is 2.18. The summed E-state index contributed by atoms with van der Waals surface area (Å²) in [4.78, 5) is 11.9. The SMILES string of the molecule is CCCCC(CC)C(=O)CCC(C)(C)C. The van der Waals surface area contributed by atoms with Gasteiger partial charge in [-0.1, -0.05) is 47.5 Å². The van der Waals surface area contributed by atoms with Gasteiger partial charge in [-0.05, 0) is 24.7 Å². The average Bonchev–Trinajstić information content (AvgIpc) is 2.15. The van der Waals surface area contributed by atoms with Crippen molar-refractivity contribution in [1.82, 2.24) is 0 Å². The minimum atomic E-state index is 0.290. The number of carbonyl (C=O) groups excluding carboxylic acids is 1. The maximum Gasteiger partial charge on any atom is 0.135 e. The number of Topliss-reactive ketones (excluding diaryl/α,β-unsaturated/α-hetero) is 1. The second-order valence-electron chi connectivity index (χ2n) is 5.77. The Hall–Kier alpha value is -0.330. The molecular weight excluding hydrogens is 184 g/mol. The molecule has 0 N–H and O–H groups in total. The van der Waals surface area contributed by atoms with Crippen molar-refractivity contribution in [3.05, 3.63) is 0 Å². The van der Waals surface area contributed by atoms with Crippen molar-refractivity contribution in [2.45, 2.75) is 73.1 Å². The molecule has 0 aliphatic rings. The third kappa shape index (κ3) is 7.58. The first kappa shape index (κ1) is 14.7. The van der Waals surface area contributed by atoms with E-state index < -0.39 is 0 Å². The molecule has 0 saturated heterocycles. The first-order valence-electron chi connectivity index (χ1n) is 6.43. The number of rotatable bonds is 7. The molecule has 0 spiro atoms. The van der Waals surface area contributed by atoms with Crippen LogP contribution in [0.5, 0.6) is 0 Å². The summed E-state index contributed by atoms with van der Waals surface area (Å²) in [7, 11) is 0. The Morgan fingerprint density at radius 1 is 1.20 bits per heavy atom. The number of ketones is 1. The molecular formula is C14H28O. The third-order valence-electron chi connectivity index (χ3n) is 2.98. The van der Waals surface area contributed by atoms with Gasteiger partial charge in [0.15, 0.2) is 0 Å². The molecule has 0 fully saturated rings. The quantitative estimate of drug-likeness (QED) is 0.603. The average molecular weight is 212 g/mol. The van der Waals surface area contributed by atoms with Crippen molar-refractivity contribution >= 4 is 5.78 Å². The summed E-state index contributed by atoms with van der Waals surface area (Å²) in [5.41, 5.74) is 0.290. The molecule has 1 nitrogen and oxygen atoms in total. The fraction of sp³-hybridized carbons (Fsp3) is 0.929. The molecule has 0 aliphatic heterocycles. The zero-order valence-electron chi connectivity index (χ0n) is 11.2. The molecule has 0 heterocycles. The zero-order valence-corrected chi connectivity index (χ0v) is 11.2. The maximum atomic E-state index is 11.9. The second-order valence-corrected chi connectivity index (χ2v) is 5.77. The Morgan fingerprint density at radius 2 is 1.80 bits per heavy atom.